The van der Waals surface area contributed by atoms with E-state index in [0.29, 0.717) is 0 Å². The van der Waals surface area contributed by atoms with Gasteiger partial charge in [0.05, 0.1) is 0 Å². The van der Waals surface area contributed by atoms with Gasteiger partial charge in [0, 0.05) is 25.8 Å². The van der Waals surface area contributed by atoms with Crippen LogP contribution in [0.3, 0.4) is 0 Å². The molecule has 1 rings (SSSR count). The molecule has 0 fully saturated rings. The van der Waals surface area contributed by atoms with Gasteiger partial charge >= 0.3 is 0 Å². The SMILES string of the molecule is Br.Br.[C-]1=CC=CC1.[Hf]. The van der Waals surface area contributed by atoms with Crippen LogP contribution in [0.2, 0.25) is 0 Å². The maximum atomic E-state index is 2.99. The summed E-state index contributed by atoms with van der Waals surface area (Å²) in [6.45, 7) is 0. The van der Waals surface area contributed by atoms with Crippen molar-refractivity contribution in [3.05, 3.63) is 24.3 Å². The third-order valence-corrected chi connectivity index (χ3v) is 0.586. The van der Waals surface area contributed by atoms with Gasteiger partial charge < -0.3 is 0 Å². The Morgan fingerprint density at radius 1 is 1.25 bits per heavy atom. The zero-order valence-corrected chi connectivity index (χ0v) is 11.3. The molecule has 0 aromatic rings. The van der Waals surface area contributed by atoms with Gasteiger partial charge in [-0.2, -0.15) is 6.08 Å². The van der Waals surface area contributed by atoms with Gasteiger partial charge in [-0.15, -0.1) is 40.4 Å². The summed E-state index contributed by atoms with van der Waals surface area (Å²) in [6, 6.07) is 0. The van der Waals surface area contributed by atoms with Crippen LogP contribution in [0.25, 0.3) is 0 Å². The van der Waals surface area contributed by atoms with E-state index in [9.17, 15) is 0 Å². The van der Waals surface area contributed by atoms with Crippen molar-refractivity contribution >= 4 is 34.0 Å². The summed E-state index contributed by atoms with van der Waals surface area (Å²) >= 11 is 0. The first-order valence-corrected chi connectivity index (χ1v) is 1.72. The van der Waals surface area contributed by atoms with Crippen LogP contribution in [0, 0.1) is 6.08 Å². The van der Waals surface area contributed by atoms with E-state index in [1.807, 2.05) is 12.2 Å². The summed E-state index contributed by atoms with van der Waals surface area (Å²) in [5, 5.41) is 0. The Balaban J connectivity index is -0.0000000833. The molecule has 0 saturated heterocycles. The normalized spacial score (nSPS) is 11.0. The number of allylic oxidation sites excluding steroid dienone is 4. The summed E-state index contributed by atoms with van der Waals surface area (Å²) in [5.41, 5.74) is 0. The molecule has 1 aliphatic carbocycles. The Hall–Kier alpha value is 1.31. The Bertz CT molecular complexity index is 68.5. The average Bonchev–Trinajstić information content (AvgIpc) is 1.76. The summed E-state index contributed by atoms with van der Waals surface area (Å²) in [5.74, 6) is 0. The van der Waals surface area contributed by atoms with Crippen LogP contribution in [0.4, 0.5) is 0 Å². The average molecular weight is 405 g/mol. The minimum atomic E-state index is 0. The Kier molecular flexibility index (Phi) is 22.5. The minimum Gasteiger partial charge on any atom is -0.273 e. The first kappa shape index (κ1) is 16.1. The molecule has 0 atom stereocenters. The molecule has 46 valence electrons. The van der Waals surface area contributed by atoms with Crippen molar-refractivity contribution in [2.75, 3.05) is 0 Å². The first-order chi connectivity index (χ1) is 2.50. The summed E-state index contributed by atoms with van der Waals surface area (Å²) in [6.07, 6.45) is 10.0. The summed E-state index contributed by atoms with van der Waals surface area (Å²) in [4.78, 5) is 0. The third-order valence-electron chi connectivity index (χ3n) is 0.586. The molecule has 0 aliphatic heterocycles. The quantitative estimate of drug-likeness (QED) is 0.429. The fourth-order valence-corrected chi connectivity index (χ4v) is 0.340. The van der Waals surface area contributed by atoms with Crippen molar-refractivity contribution in [1.82, 2.24) is 0 Å². The topological polar surface area (TPSA) is 0 Å². The Labute approximate surface area is 89.7 Å². The second-order valence-corrected chi connectivity index (χ2v) is 1.00. The van der Waals surface area contributed by atoms with Gasteiger partial charge in [-0.25, -0.2) is 12.2 Å². The van der Waals surface area contributed by atoms with Gasteiger partial charge in [0.2, 0.25) is 0 Å². The van der Waals surface area contributed by atoms with Crippen LogP contribution >= 0.6 is 34.0 Å². The Morgan fingerprint density at radius 2 is 1.88 bits per heavy atom. The second-order valence-electron chi connectivity index (χ2n) is 1.00. The van der Waals surface area contributed by atoms with Gasteiger partial charge in [0.15, 0.2) is 0 Å². The van der Waals surface area contributed by atoms with E-state index in [4.69, 9.17) is 0 Å². The van der Waals surface area contributed by atoms with E-state index in [1.165, 1.54) is 0 Å². The number of hydrogen-bond donors (Lipinski definition) is 0. The molecule has 8 heavy (non-hydrogen) atoms. The smallest absolute Gasteiger partial charge is 0 e. The zero-order valence-electron chi connectivity index (χ0n) is 4.26. The van der Waals surface area contributed by atoms with Crippen molar-refractivity contribution in [2.24, 2.45) is 0 Å². The first-order valence-electron chi connectivity index (χ1n) is 1.72. The van der Waals surface area contributed by atoms with E-state index in [2.05, 4.69) is 12.2 Å². The molecule has 3 heteroatoms. The van der Waals surface area contributed by atoms with E-state index in [0.717, 1.165) is 6.42 Å². The monoisotopic (exact) mass is 405 g/mol. The number of halogens is 2. The predicted octanol–water partition coefficient (Wildman–Crippen LogP) is 2.46. The van der Waals surface area contributed by atoms with E-state index >= 15 is 0 Å². The molecule has 0 N–H and O–H groups in total. The van der Waals surface area contributed by atoms with Crippen LogP contribution in [-0.2, 0) is 25.8 Å². The Morgan fingerprint density at radius 3 is 2.00 bits per heavy atom. The summed E-state index contributed by atoms with van der Waals surface area (Å²) < 4.78 is 0. The maximum Gasteiger partial charge on any atom is 0 e. The van der Waals surface area contributed by atoms with Crippen molar-refractivity contribution in [3.8, 4) is 0 Å². The van der Waals surface area contributed by atoms with Gasteiger partial charge in [-0.3, -0.25) is 6.08 Å². The predicted molar refractivity (Wildman–Crippen MR) is 42.2 cm³/mol. The molecular formula is C5H7Br2Hf-. The van der Waals surface area contributed by atoms with Crippen LogP contribution in [0.15, 0.2) is 18.2 Å². The molecule has 0 radical (unpaired) electrons. The van der Waals surface area contributed by atoms with Gasteiger partial charge in [-0.1, -0.05) is 0 Å². The van der Waals surface area contributed by atoms with Gasteiger partial charge in [0.1, 0.15) is 0 Å². The number of hydrogen-bond acceptors (Lipinski definition) is 0. The van der Waals surface area contributed by atoms with Crippen molar-refractivity contribution < 1.29 is 25.8 Å². The summed E-state index contributed by atoms with van der Waals surface area (Å²) in [7, 11) is 0. The van der Waals surface area contributed by atoms with Crippen LogP contribution in [0.5, 0.6) is 0 Å². The molecule has 0 amide bonds. The van der Waals surface area contributed by atoms with Gasteiger partial charge in [-0.05, 0) is 0 Å². The minimum absolute atomic E-state index is 0. The largest absolute Gasteiger partial charge is 0.273 e. The molecule has 0 aromatic heterocycles. The van der Waals surface area contributed by atoms with E-state index in [-0.39, 0.29) is 59.8 Å². The van der Waals surface area contributed by atoms with E-state index in [1.54, 1.807) is 0 Å². The van der Waals surface area contributed by atoms with Crippen molar-refractivity contribution in [3.63, 3.8) is 0 Å². The molecule has 0 aromatic carbocycles. The number of rotatable bonds is 0. The van der Waals surface area contributed by atoms with Crippen molar-refractivity contribution in [1.29, 1.82) is 0 Å². The maximum absolute atomic E-state index is 2.99. The second kappa shape index (κ2) is 11.2. The molecule has 1 aliphatic rings. The molecule has 0 heterocycles. The van der Waals surface area contributed by atoms with Crippen molar-refractivity contribution in [2.45, 2.75) is 6.42 Å². The molecule has 0 unspecified atom stereocenters. The molecule has 0 spiro atoms. The fraction of sp³-hybridized carbons (Fsp3) is 0.200. The van der Waals surface area contributed by atoms with Crippen LogP contribution in [0.1, 0.15) is 6.42 Å². The molecule has 0 bridgehead atoms. The molecular weight excluding hydrogens is 398 g/mol. The zero-order chi connectivity index (χ0) is 3.54. The van der Waals surface area contributed by atoms with Crippen LogP contribution < -0.4 is 0 Å². The third kappa shape index (κ3) is 7.31. The fourth-order valence-electron chi connectivity index (χ4n) is 0.340. The van der Waals surface area contributed by atoms with Crippen LogP contribution in [-0.4, -0.2) is 0 Å². The standard InChI is InChI=1S/C5H5.2BrH.Hf/c1-2-4-5-3-1;;;/h1-3H,4H2;2*1H;/q-1;;;. The van der Waals surface area contributed by atoms with Gasteiger partial charge in [0.25, 0.3) is 0 Å². The molecule has 0 saturated carbocycles. The molecule has 0 nitrogen and oxygen atoms in total. The van der Waals surface area contributed by atoms with E-state index < -0.39 is 0 Å².